The van der Waals surface area contributed by atoms with Crippen LogP contribution in [0.1, 0.15) is 12.7 Å². The van der Waals surface area contributed by atoms with Gasteiger partial charge in [0.1, 0.15) is 5.82 Å². The molecular formula is C10H15N3O3. The van der Waals surface area contributed by atoms with Crippen molar-refractivity contribution in [3.8, 4) is 0 Å². The maximum Gasteiger partial charge on any atom is 0.396 e. The van der Waals surface area contributed by atoms with E-state index in [2.05, 4.69) is 15.0 Å². The Morgan fingerprint density at radius 3 is 2.88 bits per heavy atom. The van der Waals surface area contributed by atoms with Crippen molar-refractivity contribution < 1.29 is 14.3 Å². The smallest absolute Gasteiger partial charge is 0.396 e. The molecule has 1 amide bonds. The highest BCUT2D eigenvalue weighted by Gasteiger charge is 2.13. The average molecular weight is 225 g/mol. The van der Waals surface area contributed by atoms with E-state index in [0.717, 1.165) is 5.82 Å². The van der Waals surface area contributed by atoms with Crippen LogP contribution in [0.2, 0.25) is 0 Å². The second-order valence-corrected chi connectivity index (χ2v) is 3.18. The number of esters is 1. The van der Waals surface area contributed by atoms with Gasteiger partial charge in [0.05, 0.1) is 6.61 Å². The lowest BCUT2D eigenvalue weighted by Crippen LogP contribution is -2.34. The molecule has 0 radical (unpaired) electrons. The summed E-state index contributed by atoms with van der Waals surface area (Å²) in [6, 6.07) is 0. The molecule has 1 aromatic heterocycles. The Morgan fingerprint density at radius 2 is 2.31 bits per heavy atom. The quantitative estimate of drug-likeness (QED) is 0.561. The molecule has 1 N–H and O–H groups in total. The largest absolute Gasteiger partial charge is 0.459 e. The van der Waals surface area contributed by atoms with Crippen LogP contribution in [-0.4, -0.2) is 34.6 Å². The van der Waals surface area contributed by atoms with Crippen LogP contribution >= 0.6 is 0 Å². The number of nitrogens with zero attached hydrogens (tertiary/aromatic N) is 2. The van der Waals surface area contributed by atoms with Gasteiger partial charge in [0.2, 0.25) is 0 Å². The first kappa shape index (κ1) is 12.2. The summed E-state index contributed by atoms with van der Waals surface area (Å²) in [6.45, 7) is 2.22. The van der Waals surface area contributed by atoms with Crippen molar-refractivity contribution in [2.45, 2.75) is 13.3 Å². The summed E-state index contributed by atoms with van der Waals surface area (Å²) in [5.41, 5.74) is 0. The molecule has 6 nitrogen and oxygen atoms in total. The average Bonchev–Trinajstić information content (AvgIpc) is 2.65. The lowest BCUT2D eigenvalue weighted by atomic mass is 10.4. The van der Waals surface area contributed by atoms with E-state index in [1.807, 2.05) is 17.8 Å². The first-order valence-electron chi connectivity index (χ1n) is 5.06. The molecule has 1 rings (SSSR count). The van der Waals surface area contributed by atoms with Gasteiger partial charge in [-0.2, -0.15) is 0 Å². The minimum Gasteiger partial charge on any atom is -0.459 e. The molecule has 0 aliphatic rings. The van der Waals surface area contributed by atoms with Crippen molar-refractivity contribution in [3.63, 3.8) is 0 Å². The lowest BCUT2D eigenvalue weighted by molar-refractivity contribution is -0.154. The monoisotopic (exact) mass is 225 g/mol. The summed E-state index contributed by atoms with van der Waals surface area (Å²) >= 11 is 0. The number of ether oxygens (including phenoxy) is 1. The Labute approximate surface area is 93.6 Å². The summed E-state index contributed by atoms with van der Waals surface area (Å²) in [4.78, 5) is 26.2. The number of hydrogen-bond acceptors (Lipinski definition) is 4. The molecular weight excluding hydrogens is 210 g/mol. The van der Waals surface area contributed by atoms with E-state index in [4.69, 9.17) is 0 Å². The van der Waals surface area contributed by atoms with E-state index in [9.17, 15) is 9.59 Å². The van der Waals surface area contributed by atoms with Crippen LogP contribution in [0.3, 0.4) is 0 Å². The molecule has 1 heterocycles. The fraction of sp³-hybridized carbons (Fsp3) is 0.500. The van der Waals surface area contributed by atoms with E-state index in [1.54, 1.807) is 13.1 Å². The van der Waals surface area contributed by atoms with Gasteiger partial charge in [0.15, 0.2) is 0 Å². The van der Waals surface area contributed by atoms with Crippen LogP contribution in [0.5, 0.6) is 0 Å². The zero-order valence-electron chi connectivity index (χ0n) is 9.40. The number of hydrogen-bond donors (Lipinski definition) is 1. The highest BCUT2D eigenvalue weighted by Crippen LogP contribution is 1.93. The van der Waals surface area contributed by atoms with Crippen molar-refractivity contribution >= 4 is 11.9 Å². The zero-order valence-corrected chi connectivity index (χ0v) is 9.40. The highest BCUT2D eigenvalue weighted by molar-refractivity contribution is 6.32. The summed E-state index contributed by atoms with van der Waals surface area (Å²) < 4.78 is 6.40. The van der Waals surface area contributed by atoms with E-state index in [1.165, 1.54) is 0 Å². The Balaban J connectivity index is 2.28. The van der Waals surface area contributed by atoms with Gasteiger partial charge in [-0.25, -0.2) is 9.78 Å². The molecule has 0 fully saturated rings. The number of aromatic nitrogens is 2. The molecule has 0 aliphatic carbocycles. The lowest BCUT2D eigenvalue weighted by Gasteiger charge is -2.04. The predicted octanol–water partition coefficient (Wildman–Crippen LogP) is -0.358. The third-order valence-corrected chi connectivity index (χ3v) is 2.02. The van der Waals surface area contributed by atoms with E-state index in [-0.39, 0.29) is 6.61 Å². The molecule has 0 aromatic carbocycles. The number of carbonyl (C=O) groups excluding carboxylic acids is 2. The van der Waals surface area contributed by atoms with Gasteiger partial charge in [-0.1, -0.05) is 0 Å². The van der Waals surface area contributed by atoms with Gasteiger partial charge < -0.3 is 14.6 Å². The third-order valence-electron chi connectivity index (χ3n) is 2.02. The van der Waals surface area contributed by atoms with Gasteiger partial charge in [0, 0.05) is 32.4 Å². The fourth-order valence-electron chi connectivity index (χ4n) is 1.19. The third kappa shape index (κ3) is 3.38. The van der Waals surface area contributed by atoms with E-state index < -0.39 is 11.9 Å². The van der Waals surface area contributed by atoms with Gasteiger partial charge in [-0.3, -0.25) is 4.79 Å². The summed E-state index contributed by atoms with van der Waals surface area (Å²) in [5.74, 6) is -0.706. The van der Waals surface area contributed by atoms with Gasteiger partial charge in [-0.05, 0) is 6.92 Å². The minimum absolute atomic E-state index is 0.200. The molecule has 0 atom stereocenters. The molecule has 0 saturated carbocycles. The Kier molecular flexibility index (Phi) is 4.50. The molecule has 88 valence electrons. The first-order valence-corrected chi connectivity index (χ1v) is 5.06. The topological polar surface area (TPSA) is 73.2 Å². The number of carbonyl (C=O) groups is 2. The number of aryl methyl sites for hydroxylation is 1. The molecule has 0 bridgehead atoms. The summed E-state index contributed by atoms with van der Waals surface area (Å²) in [5, 5.41) is 2.47. The van der Waals surface area contributed by atoms with Crippen LogP contribution in [0, 0.1) is 0 Å². The number of rotatable bonds is 4. The van der Waals surface area contributed by atoms with Crippen molar-refractivity contribution in [2.75, 3.05) is 13.2 Å². The van der Waals surface area contributed by atoms with Crippen LogP contribution in [-0.2, 0) is 27.8 Å². The first-order chi connectivity index (χ1) is 7.65. The Bertz CT molecular complexity index is 373. The Hall–Kier alpha value is -1.85. The normalized spacial score (nSPS) is 9.88. The summed E-state index contributed by atoms with van der Waals surface area (Å²) in [7, 11) is 1.87. The van der Waals surface area contributed by atoms with Gasteiger partial charge >= 0.3 is 11.9 Å². The minimum atomic E-state index is -0.845. The second-order valence-electron chi connectivity index (χ2n) is 3.18. The molecule has 16 heavy (non-hydrogen) atoms. The maximum absolute atomic E-state index is 11.1. The van der Waals surface area contributed by atoms with Crippen LogP contribution in [0.25, 0.3) is 0 Å². The van der Waals surface area contributed by atoms with Crippen LogP contribution in [0.4, 0.5) is 0 Å². The van der Waals surface area contributed by atoms with Crippen molar-refractivity contribution in [1.29, 1.82) is 0 Å². The molecule has 0 unspecified atom stereocenters. The molecule has 6 heteroatoms. The van der Waals surface area contributed by atoms with Crippen molar-refractivity contribution in [3.05, 3.63) is 18.2 Å². The SMILES string of the molecule is CCOC(=O)C(=O)NCCc1nccn1C. The number of imidazole rings is 1. The van der Waals surface area contributed by atoms with E-state index in [0.29, 0.717) is 13.0 Å². The second kappa shape index (κ2) is 5.89. The number of amides is 1. The fourth-order valence-corrected chi connectivity index (χ4v) is 1.19. The Morgan fingerprint density at radius 1 is 1.56 bits per heavy atom. The zero-order chi connectivity index (χ0) is 12.0. The van der Waals surface area contributed by atoms with Gasteiger partial charge in [-0.15, -0.1) is 0 Å². The van der Waals surface area contributed by atoms with Crippen molar-refractivity contribution in [2.24, 2.45) is 7.05 Å². The van der Waals surface area contributed by atoms with E-state index >= 15 is 0 Å². The predicted molar refractivity (Wildman–Crippen MR) is 56.6 cm³/mol. The highest BCUT2D eigenvalue weighted by atomic mass is 16.5. The van der Waals surface area contributed by atoms with Crippen LogP contribution < -0.4 is 5.32 Å². The molecule has 0 spiro atoms. The summed E-state index contributed by atoms with van der Waals surface area (Å²) in [6.07, 6.45) is 4.08. The number of nitrogens with one attached hydrogen (secondary N) is 1. The van der Waals surface area contributed by atoms with Crippen molar-refractivity contribution in [1.82, 2.24) is 14.9 Å². The molecule has 1 aromatic rings. The van der Waals surface area contributed by atoms with Crippen LogP contribution in [0.15, 0.2) is 12.4 Å². The van der Waals surface area contributed by atoms with Gasteiger partial charge in [0.25, 0.3) is 0 Å². The standard InChI is InChI=1S/C10H15N3O3/c1-3-16-10(15)9(14)12-5-4-8-11-6-7-13(8)2/h6-7H,3-5H2,1-2H3,(H,12,14). The molecule has 0 aliphatic heterocycles. The molecule has 0 saturated heterocycles. The maximum atomic E-state index is 11.1.